The van der Waals surface area contributed by atoms with Crippen LogP contribution in [0.3, 0.4) is 0 Å². The Bertz CT molecular complexity index is 902. The van der Waals surface area contributed by atoms with Crippen LogP contribution in [0.2, 0.25) is 10.0 Å². The number of nitrogens with one attached hydrogen (secondary N) is 1. The first kappa shape index (κ1) is 18.7. The van der Waals surface area contributed by atoms with Gasteiger partial charge in [-0.15, -0.1) is 0 Å². The Morgan fingerprint density at radius 3 is 2.42 bits per heavy atom. The fourth-order valence-electron chi connectivity index (χ4n) is 1.84. The monoisotopic (exact) mass is 390 g/mol. The van der Waals surface area contributed by atoms with E-state index in [0.717, 1.165) is 10.4 Å². The summed E-state index contributed by atoms with van der Waals surface area (Å²) in [6, 6.07) is 7.85. The number of hydrogen-bond donors (Lipinski definition) is 1. The standard InChI is InChI=1S/C15H13Cl2FN2O3S/c1-20(2)24(22,23)9-6-7-11(16)10(8-9)15(21)19-13-5-3-4-12(17)14(13)18/h3-8H,1-2H3,(H,19,21). The molecule has 1 amide bonds. The Kier molecular flexibility index (Phi) is 5.49. The van der Waals surface area contributed by atoms with Crippen LogP contribution in [0.25, 0.3) is 0 Å². The van der Waals surface area contributed by atoms with Crippen LogP contribution in [-0.4, -0.2) is 32.7 Å². The molecule has 0 saturated heterocycles. The summed E-state index contributed by atoms with van der Waals surface area (Å²) in [6.07, 6.45) is 0. The maximum atomic E-state index is 13.9. The Hall–Kier alpha value is -1.67. The number of halogens is 3. The predicted molar refractivity (Wildman–Crippen MR) is 91.7 cm³/mol. The third kappa shape index (κ3) is 3.70. The summed E-state index contributed by atoms with van der Waals surface area (Å²) in [5.41, 5.74) is -0.233. The summed E-state index contributed by atoms with van der Waals surface area (Å²) in [5, 5.41) is 2.21. The SMILES string of the molecule is CN(C)S(=O)(=O)c1ccc(Cl)c(C(=O)Nc2cccc(Cl)c2F)c1. The Balaban J connectivity index is 2.41. The van der Waals surface area contributed by atoms with Gasteiger partial charge in [0.15, 0.2) is 5.82 Å². The van der Waals surface area contributed by atoms with E-state index in [4.69, 9.17) is 23.2 Å². The van der Waals surface area contributed by atoms with Crippen LogP contribution >= 0.6 is 23.2 Å². The van der Waals surface area contributed by atoms with Crippen molar-refractivity contribution in [3.8, 4) is 0 Å². The van der Waals surface area contributed by atoms with E-state index in [9.17, 15) is 17.6 Å². The van der Waals surface area contributed by atoms with Crippen LogP contribution in [0.4, 0.5) is 10.1 Å². The second-order valence-corrected chi connectivity index (χ2v) is 7.95. The molecular weight excluding hydrogens is 378 g/mol. The zero-order chi connectivity index (χ0) is 18.1. The van der Waals surface area contributed by atoms with Gasteiger partial charge in [-0.25, -0.2) is 17.1 Å². The van der Waals surface area contributed by atoms with Crippen molar-refractivity contribution in [2.45, 2.75) is 4.90 Å². The molecule has 128 valence electrons. The second-order valence-electron chi connectivity index (χ2n) is 4.98. The average molecular weight is 391 g/mol. The lowest BCUT2D eigenvalue weighted by Gasteiger charge is -2.13. The van der Waals surface area contributed by atoms with Gasteiger partial charge in [-0.3, -0.25) is 4.79 Å². The van der Waals surface area contributed by atoms with Gasteiger partial charge < -0.3 is 5.32 Å². The molecule has 2 aromatic carbocycles. The van der Waals surface area contributed by atoms with Crippen molar-refractivity contribution >= 4 is 44.8 Å². The van der Waals surface area contributed by atoms with Crippen LogP contribution in [0.5, 0.6) is 0 Å². The number of carbonyl (C=O) groups is 1. The number of benzene rings is 2. The van der Waals surface area contributed by atoms with Crippen LogP contribution in [-0.2, 0) is 10.0 Å². The lowest BCUT2D eigenvalue weighted by molar-refractivity contribution is 0.102. The number of anilines is 1. The number of nitrogens with zero attached hydrogens (tertiary/aromatic N) is 1. The second kappa shape index (κ2) is 7.06. The molecule has 24 heavy (non-hydrogen) atoms. The number of carbonyl (C=O) groups excluding carboxylic acids is 1. The molecule has 0 heterocycles. The first-order valence-corrected chi connectivity index (χ1v) is 8.81. The molecule has 0 atom stereocenters. The van der Waals surface area contributed by atoms with E-state index in [-0.39, 0.29) is 26.2 Å². The molecule has 0 aliphatic rings. The van der Waals surface area contributed by atoms with E-state index in [1.807, 2.05) is 0 Å². The molecule has 1 N–H and O–H groups in total. The lowest BCUT2D eigenvalue weighted by atomic mass is 10.2. The smallest absolute Gasteiger partial charge is 0.257 e. The fourth-order valence-corrected chi connectivity index (χ4v) is 3.15. The summed E-state index contributed by atoms with van der Waals surface area (Å²) in [6.45, 7) is 0. The highest BCUT2D eigenvalue weighted by atomic mass is 35.5. The number of rotatable bonds is 4. The molecule has 9 heteroatoms. The van der Waals surface area contributed by atoms with Crippen LogP contribution < -0.4 is 5.32 Å². The zero-order valence-corrected chi connectivity index (χ0v) is 15.0. The van der Waals surface area contributed by atoms with Crippen molar-refractivity contribution in [3.05, 3.63) is 57.8 Å². The summed E-state index contributed by atoms with van der Waals surface area (Å²) >= 11 is 11.6. The third-order valence-corrected chi connectivity index (χ3v) is 5.59. The van der Waals surface area contributed by atoms with Gasteiger partial charge in [-0.1, -0.05) is 29.3 Å². The van der Waals surface area contributed by atoms with Crippen LogP contribution in [0, 0.1) is 5.82 Å². The van der Waals surface area contributed by atoms with E-state index in [2.05, 4.69) is 5.32 Å². The summed E-state index contributed by atoms with van der Waals surface area (Å²) in [5.74, 6) is -1.54. The van der Waals surface area contributed by atoms with Gasteiger partial charge in [0.25, 0.3) is 5.91 Å². The van der Waals surface area contributed by atoms with Crippen molar-refractivity contribution in [2.75, 3.05) is 19.4 Å². The first-order chi connectivity index (χ1) is 11.1. The van der Waals surface area contributed by atoms with E-state index in [1.54, 1.807) is 0 Å². The number of hydrogen-bond acceptors (Lipinski definition) is 3. The molecule has 0 bridgehead atoms. The largest absolute Gasteiger partial charge is 0.319 e. The van der Waals surface area contributed by atoms with Crippen LogP contribution in [0.15, 0.2) is 41.3 Å². The molecule has 0 unspecified atom stereocenters. The zero-order valence-electron chi connectivity index (χ0n) is 12.7. The van der Waals surface area contributed by atoms with E-state index < -0.39 is 21.7 Å². The summed E-state index contributed by atoms with van der Waals surface area (Å²) < 4.78 is 39.2. The van der Waals surface area contributed by atoms with Gasteiger partial charge in [0.05, 0.1) is 26.2 Å². The molecule has 0 saturated carbocycles. The van der Waals surface area contributed by atoms with Crippen LogP contribution in [0.1, 0.15) is 10.4 Å². The summed E-state index contributed by atoms with van der Waals surface area (Å²) in [4.78, 5) is 12.2. The highest BCUT2D eigenvalue weighted by Gasteiger charge is 2.21. The Labute approximate surface area is 149 Å². The molecule has 2 rings (SSSR count). The molecule has 0 aliphatic carbocycles. The number of amides is 1. The highest BCUT2D eigenvalue weighted by Crippen LogP contribution is 2.26. The molecule has 0 radical (unpaired) electrons. The number of sulfonamides is 1. The topological polar surface area (TPSA) is 66.5 Å². The minimum absolute atomic E-state index is 0.0349. The van der Waals surface area contributed by atoms with Gasteiger partial charge in [-0.05, 0) is 30.3 Å². The average Bonchev–Trinajstić information content (AvgIpc) is 2.51. The molecule has 0 fully saturated rings. The van der Waals surface area contributed by atoms with Crippen molar-refractivity contribution in [1.82, 2.24) is 4.31 Å². The van der Waals surface area contributed by atoms with Gasteiger partial charge >= 0.3 is 0 Å². The molecule has 0 spiro atoms. The predicted octanol–water partition coefficient (Wildman–Crippen LogP) is 3.64. The van der Waals surface area contributed by atoms with E-state index >= 15 is 0 Å². The minimum Gasteiger partial charge on any atom is -0.319 e. The quantitative estimate of drug-likeness (QED) is 0.866. The summed E-state index contributed by atoms with van der Waals surface area (Å²) in [7, 11) is -1.01. The maximum Gasteiger partial charge on any atom is 0.257 e. The van der Waals surface area contributed by atoms with Crippen molar-refractivity contribution in [1.29, 1.82) is 0 Å². The molecule has 2 aromatic rings. The van der Waals surface area contributed by atoms with Crippen molar-refractivity contribution in [2.24, 2.45) is 0 Å². The lowest BCUT2D eigenvalue weighted by Crippen LogP contribution is -2.23. The van der Waals surface area contributed by atoms with Gasteiger partial charge in [0, 0.05) is 14.1 Å². The Morgan fingerprint density at radius 2 is 1.79 bits per heavy atom. The molecule has 5 nitrogen and oxygen atoms in total. The molecule has 0 aliphatic heterocycles. The fraction of sp³-hybridized carbons (Fsp3) is 0.133. The van der Waals surface area contributed by atoms with Gasteiger partial charge in [-0.2, -0.15) is 0 Å². The molecule has 0 aromatic heterocycles. The minimum atomic E-state index is -3.74. The normalized spacial score (nSPS) is 11.6. The van der Waals surface area contributed by atoms with Crippen molar-refractivity contribution in [3.63, 3.8) is 0 Å². The first-order valence-electron chi connectivity index (χ1n) is 6.62. The van der Waals surface area contributed by atoms with Crippen molar-refractivity contribution < 1.29 is 17.6 Å². The third-order valence-electron chi connectivity index (χ3n) is 3.16. The maximum absolute atomic E-state index is 13.9. The van der Waals surface area contributed by atoms with Gasteiger partial charge in [0.2, 0.25) is 10.0 Å². The molecular formula is C15H13Cl2FN2O3S. The highest BCUT2D eigenvalue weighted by molar-refractivity contribution is 7.89. The van der Waals surface area contributed by atoms with E-state index in [1.165, 1.54) is 44.4 Å². The Morgan fingerprint density at radius 1 is 1.12 bits per heavy atom. The van der Waals surface area contributed by atoms with Gasteiger partial charge in [0.1, 0.15) is 0 Å². The van der Waals surface area contributed by atoms with E-state index in [0.29, 0.717) is 0 Å².